The third-order valence-corrected chi connectivity index (χ3v) is 3.80. The minimum Gasteiger partial charge on any atom is -0.497 e. The summed E-state index contributed by atoms with van der Waals surface area (Å²) in [6.45, 7) is 2.17. The van der Waals surface area contributed by atoms with Crippen molar-refractivity contribution >= 4 is 18.2 Å². The van der Waals surface area contributed by atoms with Crippen LogP contribution in [-0.2, 0) is 23.9 Å². The molecule has 1 aliphatic carbocycles. The fraction of sp³-hybridized carbons (Fsp3) is 0.556. The van der Waals surface area contributed by atoms with E-state index in [-0.39, 0.29) is 17.8 Å². The van der Waals surface area contributed by atoms with Crippen molar-refractivity contribution in [2.45, 2.75) is 39.0 Å². The fourth-order valence-corrected chi connectivity index (χ4v) is 2.54. The van der Waals surface area contributed by atoms with Gasteiger partial charge >= 0.3 is 5.97 Å². The number of hydrogen-bond acceptors (Lipinski definition) is 5. The summed E-state index contributed by atoms with van der Waals surface area (Å²) in [7, 11) is 1.54. The van der Waals surface area contributed by atoms with E-state index in [9.17, 15) is 14.4 Å². The Balaban J connectivity index is 2.43. The van der Waals surface area contributed by atoms with Crippen molar-refractivity contribution in [1.29, 1.82) is 0 Å². The molecule has 0 saturated carbocycles. The zero-order valence-corrected chi connectivity index (χ0v) is 13.7. The largest absolute Gasteiger partial charge is 0.497 e. The molecule has 0 radical (unpaired) electrons. The van der Waals surface area contributed by atoms with Gasteiger partial charge in [0.05, 0.1) is 13.7 Å². The van der Waals surface area contributed by atoms with Crippen molar-refractivity contribution < 1.29 is 23.9 Å². The molecule has 0 aliphatic heterocycles. The maximum Gasteiger partial charge on any atom is 0.305 e. The summed E-state index contributed by atoms with van der Waals surface area (Å²) in [5, 5.41) is 0. The molecule has 0 aromatic carbocycles. The van der Waals surface area contributed by atoms with Crippen molar-refractivity contribution in [2.75, 3.05) is 13.7 Å². The lowest BCUT2D eigenvalue weighted by molar-refractivity contribution is -0.143. The second-order valence-electron chi connectivity index (χ2n) is 5.46. The topological polar surface area (TPSA) is 69.7 Å². The Labute approximate surface area is 137 Å². The first-order chi connectivity index (χ1) is 11.1. The first-order valence-corrected chi connectivity index (χ1v) is 7.94. The summed E-state index contributed by atoms with van der Waals surface area (Å²) < 4.78 is 9.95. The van der Waals surface area contributed by atoms with Crippen molar-refractivity contribution in [2.24, 2.45) is 11.8 Å². The number of aldehydes is 1. The van der Waals surface area contributed by atoms with Gasteiger partial charge in [0.25, 0.3) is 0 Å². The summed E-state index contributed by atoms with van der Waals surface area (Å²) in [6.07, 6.45) is 9.37. The van der Waals surface area contributed by atoms with Crippen LogP contribution in [0.3, 0.4) is 0 Å². The lowest BCUT2D eigenvalue weighted by atomic mass is 9.85. The smallest absolute Gasteiger partial charge is 0.305 e. The molecule has 5 heteroatoms. The maximum absolute atomic E-state index is 11.3. The molecule has 5 nitrogen and oxygen atoms in total. The van der Waals surface area contributed by atoms with Crippen LogP contribution >= 0.6 is 0 Å². The van der Waals surface area contributed by atoms with E-state index in [1.54, 1.807) is 19.1 Å². The fourth-order valence-electron chi connectivity index (χ4n) is 2.54. The number of unbranched alkanes of at least 4 members (excludes halogenated alkanes) is 1. The van der Waals surface area contributed by atoms with E-state index >= 15 is 0 Å². The second-order valence-corrected chi connectivity index (χ2v) is 5.46. The molecule has 0 fully saturated rings. The number of methoxy groups -OCH3 is 1. The molecule has 2 unspecified atom stereocenters. The molecular weight excluding hydrogens is 296 g/mol. The Bertz CT molecular complexity index is 512. The highest BCUT2D eigenvalue weighted by atomic mass is 16.5. The van der Waals surface area contributed by atoms with E-state index < -0.39 is 0 Å². The van der Waals surface area contributed by atoms with E-state index in [1.165, 1.54) is 7.11 Å². The number of hydrogen-bond donors (Lipinski definition) is 0. The molecule has 2 atom stereocenters. The van der Waals surface area contributed by atoms with Crippen LogP contribution < -0.4 is 0 Å². The molecule has 0 bridgehead atoms. The van der Waals surface area contributed by atoms with Crippen LogP contribution in [0.2, 0.25) is 0 Å². The van der Waals surface area contributed by atoms with Gasteiger partial charge in [-0.15, -0.1) is 0 Å². The van der Waals surface area contributed by atoms with Gasteiger partial charge in [0.15, 0.2) is 0 Å². The average Bonchev–Trinajstić information content (AvgIpc) is 2.57. The van der Waals surface area contributed by atoms with Crippen molar-refractivity contribution in [3.8, 4) is 0 Å². The second kappa shape index (κ2) is 10.6. The highest BCUT2D eigenvalue weighted by molar-refractivity contribution is 5.69. The maximum atomic E-state index is 11.3. The third-order valence-electron chi connectivity index (χ3n) is 3.80. The molecule has 0 spiro atoms. The SMILES string of the molecule is CCOC(=O)CCCCC(C=O)CC1C=CC(OC)=CC1=C=O. The predicted molar refractivity (Wildman–Crippen MR) is 86.2 cm³/mol. The monoisotopic (exact) mass is 320 g/mol. The molecular formula is C18H24O5. The Morgan fingerprint density at radius 3 is 2.83 bits per heavy atom. The zero-order chi connectivity index (χ0) is 17.1. The molecule has 126 valence electrons. The number of esters is 1. The minimum absolute atomic E-state index is 0.119. The van der Waals surface area contributed by atoms with Gasteiger partial charge in [0, 0.05) is 23.8 Å². The van der Waals surface area contributed by atoms with E-state index in [0.29, 0.717) is 43.6 Å². The normalized spacial score (nSPS) is 17.9. The van der Waals surface area contributed by atoms with E-state index in [2.05, 4.69) is 0 Å². The molecule has 0 aromatic rings. The van der Waals surface area contributed by atoms with Crippen molar-refractivity contribution in [1.82, 2.24) is 0 Å². The Hall–Kier alpha value is -2.13. The summed E-state index contributed by atoms with van der Waals surface area (Å²) >= 11 is 0. The minimum atomic E-state index is -0.200. The molecule has 23 heavy (non-hydrogen) atoms. The molecule has 0 heterocycles. The first kappa shape index (κ1) is 18.9. The van der Waals surface area contributed by atoms with Gasteiger partial charge in [0.1, 0.15) is 18.0 Å². The Kier molecular flexibility index (Phi) is 8.70. The van der Waals surface area contributed by atoms with Gasteiger partial charge in [-0.1, -0.05) is 12.5 Å². The summed E-state index contributed by atoms with van der Waals surface area (Å²) in [6, 6.07) is 0. The van der Waals surface area contributed by atoms with Crippen LogP contribution in [0, 0.1) is 11.8 Å². The zero-order valence-electron chi connectivity index (χ0n) is 13.7. The molecule has 0 N–H and O–H groups in total. The highest BCUT2D eigenvalue weighted by Crippen LogP contribution is 2.28. The Morgan fingerprint density at radius 1 is 1.43 bits per heavy atom. The van der Waals surface area contributed by atoms with Crippen LogP contribution in [-0.4, -0.2) is 31.9 Å². The van der Waals surface area contributed by atoms with E-state index in [1.807, 2.05) is 12.0 Å². The molecule has 1 rings (SSSR count). The number of carbonyl (C=O) groups is 2. The van der Waals surface area contributed by atoms with Crippen molar-refractivity contribution in [3.63, 3.8) is 0 Å². The average molecular weight is 320 g/mol. The lowest BCUT2D eigenvalue weighted by Gasteiger charge is -2.19. The van der Waals surface area contributed by atoms with Gasteiger partial charge in [-0.3, -0.25) is 4.79 Å². The van der Waals surface area contributed by atoms with Crippen LogP contribution in [0.25, 0.3) is 0 Å². The quantitative estimate of drug-likeness (QED) is 0.268. The summed E-state index contributed by atoms with van der Waals surface area (Å²) in [4.78, 5) is 33.6. The van der Waals surface area contributed by atoms with E-state index in [0.717, 1.165) is 12.7 Å². The summed E-state index contributed by atoms with van der Waals surface area (Å²) in [5.74, 6) is 2.07. The Morgan fingerprint density at radius 2 is 2.22 bits per heavy atom. The van der Waals surface area contributed by atoms with Gasteiger partial charge < -0.3 is 14.3 Å². The molecule has 0 aromatic heterocycles. The van der Waals surface area contributed by atoms with Crippen molar-refractivity contribution in [3.05, 3.63) is 29.6 Å². The number of ether oxygens (including phenoxy) is 2. The first-order valence-electron chi connectivity index (χ1n) is 7.94. The number of allylic oxidation sites excluding steroid dienone is 4. The molecule has 1 aliphatic rings. The third kappa shape index (κ3) is 6.66. The highest BCUT2D eigenvalue weighted by Gasteiger charge is 2.20. The predicted octanol–water partition coefficient (Wildman–Crippen LogP) is 2.79. The molecule has 0 amide bonds. The van der Waals surface area contributed by atoms with Crippen LogP contribution in [0.5, 0.6) is 0 Å². The van der Waals surface area contributed by atoms with Crippen LogP contribution in [0.4, 0.5) is 0 Å². The van der Waals surface area contributed by atoms with Gasteiger partial charge in [0.2, 0.25) is 0 Å². The van der Waals surface area contributed by atoms with Gasteiger partial charge in [-0.25, -0.2) is 4.79 Å². The van der Waals surface area contributed by atoms with Crippen LogP contribution in [0.1, 0.15) is 39.0 Å². The van der Waals surface area contributed by atoms with Crippen LogP contribution in [0.15, 0.2) is 29.6 Å². The van der Waals surface area contributed by atoms with Gasteiger partial charge in [-0.05, 0) is 38.3 Å². The number of carbonyl (C=O) groups excluding carboxylic acids is 3. The van der Waals surface area contributed by atoms with Gasteiger partial charge in [-0.2, -0.15) is 0 Å². The number of rotatable bonds is 10. The van der Waals surface area contributed by atoms with E-state index in [4.69, 9.17) is 9.47 Å². The lowest BCUT2D eigenvalue weighted by Crippen LogP contribution is -2.13. The standard InChI is InChI=1S/C18H24O5/c1-3-23-18(21)7-5-4-6-14(12-19)10-15-8-9-17(22-2)11-16(15)13-20/h8-9,11-12,14-15H,3-7,10H2,1-2H3. The summed E-state index contributed by atoms with van der Waals surface area (Å²) in [5.41, 5.74) is 0.503. The molecule has 0 saturated heterocycles.